The number of hydrogen-bond donors (Lipinski definition) is 0. The Kier molecular flexibility index (Phi) is 47.1. The lowest BCUT2D eigenvalue weighted by Crippen LogP contribution is -2.10. The first-order valence-electron chi connectivity index (χ1n) is 20.3. The molecule has 4 nitrogen and oxygen atoms in total. The van der Waals surface area contributed by atoms with Crippen LogP contribution in [0.25, 0.3) is 0 Å². The normalized spacial score (nSPS) is 10.7. The van der Waals surface area contributed by atoms with Crippen LogP contribution in [0.15, 0.2) is 24.3 Å². The molecule has 0 amide bonds. The highest BCUT2D eigenvalue weighted by Crippen LogP contribution is 2.14. The SMILES string of the molecule is C=C(C)C.CCCCCCCC/C=C\CCCCCCCC(=O)OCC.CCCCCCCCCCCCCCCC(=O)OC(C)C. The van der Waals surface area contributed by atoms with Gasteiger partial charge >= 0.3 is 11.9 Å². The lowest BCUT2D eigenvalue weighted by atomic mass is 10.0. The second kappa shape index (κ2) is 44.4. The molecule has 0 saturated carbocycles. The summed E-state index contributed by atoms with van der Waals surface area (Å²) in [6, 6.07) is 0. The number of esters is 2. The van der Waals surface area contributed by atoms with E-state index in [0.29, 0.717) is 19.4 Å². The van der Waals surface area contributed by atoms with Crippen LogP contribution in [0.3, 0.4) is 0 Å². The fourth-order valence-electron chi connectivity index (χ4n) is 5.18. The van der Waals surface area contributed by atoms with Gasteiger partial charge in [0.25, 0.3) is 0 Å². The Bertz CT molecular complexity index is 663. The molecular weight excluding hydrogens is 580 g/mol. The smallest absolute Gasteiger partial charge is 0.306 e. The van der Waals surface area contributed by atoms with Gasteiger partial charge in [-0.15, -0.1) is 6.58 Å². The van der Waals surface area contributed by atoms with Crippen molar-refractivity contribution in [3.05, 3.63) is 24.3 Å². The molecule has 0 fully saturated rings. The second-order valence-electron chi connectivity index (χ2n) is 13.9. The van der Waals surface area contributed by atoms with Crippen LogP contribution >= 0.6 is 0 Å². The average molecular weight is 665 g/mol. The molecule has 0 spiro atoms. The molecule has 0 bridgehead atoms. The van der Waals surface area contributed by atoms with Gasteiger partial charge in [0, 0.05) is 12.8 Å². The van der Waals surface area contributed by atoms with Gasteiger partial charge in [0.2, 0.25) is 0 Å². The molecule has 0 rings (SSSR count). The molecule has 0 heterocycles. The molecule has 0 aliphatic rings. The standard InChI is InChI=1S/C20H38O2.C19H38O2.C4H8/c1-3-5-6-7-8-9-10-11-12-13-14-15-16-17-18-19-20(21)22-4-2;1-4-5-6-7-8-9-10-11-12-13-14-15-16-17-19(20)21-18(2)3;1-4(2)3/h11-12H,3-10,13-19H2,1-2H3;18H,4-17H2,1-3H3;1H2,2-3H3/b12-11-;;. The Morgan fingerprint density at radius 2 is 0.809 bits per heavy atom. The zero-order chi connectivity index (χ0) is 35.6. The highest BCUT2D eigenvalue weighted by molar-refractivity contribution is 5.69. The van der Waals surface area contributed by atoms with Crippen molar-refractivity contribution in [2.45, 2.75) is 234 Å². The summed E-state index contributed by atoms with van der Waals surface area (Å²) in [6.07, 6.45) is 40.0. The zero-order valence-corrected chi connectivity index (χ0v) is 33.1. The van der Waals surface area contributed by atoms with Crippen LogP contribution in [0.2, 0.25) is 0 Å². The Balaban J connectivity index is -0.000000739. The van der Waals surface area contributed by atoms with E-state index in [-0.39, 0.29) is 18.0 Å². The fourth-order valence-corrected chi connectivity index (χ4v) is 5.18. The molecule has 0 aromatic carbocycles. The number of ether oxygens (including phenoxy) is 2. The Morgan fingerprint density at radius 3 is 1.13 bits per heavy atom. The van der Waals surface area contributed by atoms with E-state index in [1.807, 2.05) is 34.6 Å². The van der Waals surface area contributed by atoms with Crippen LogP contribution in [0.4, 0.5) is 0 Å². The summed E-state index contributed by atoms with van der Waals surface area (Å²) in [7, 11) is 0. The van der Waals surface area contributed by atoms with Crippen LogP contribution in [0.1, 0.15) is 228 Å². The molecule has 4 heteroatoms. The highest BCUT2D eigenvalue weighted by Gasteiger charge is 2.04. The quantitative estimate of drug-likeness (QED) is 0.0420. The lowest BCUT2D eigenvalue weighted by Gasteiger charge is -2.07. The van der Waals surface area contributed by atoms with E-state index < -0.39 is 0 Å². The van der Waals surface area contributed by atoms with E-state index in [1.54, 1.807) is 0 Å². The molecule has 0 unspecified atom stereocenters. The maximum absolute atomic E-state index is 11.3. The molecule has 0 aromatic heterocycles. The van der Waals surface area contributed by atoms with Gasteiger partial charge in [-0.25, -0.2) is 0 Å². The fraction of sp³-hybridized carbons (Fsp3) is 0.860. The Hall–Kier alpha value is -1.58. The number of rotatable bonds is 31. The van der Waals surface area contributed by atoms with Gasteiger partial charge in [-0.3, -0.25) is 9.59 Å². The molecule has 0 atom stereocenters. The minimum Gasteiger partial charge on any atom is -0.466 e. The summed E-state index contributed by atoms with van der Waals surface area (Å²) < 4.78 is 10.0. The maximum Gasteiger partial charge on any atom is 0.306 e. The summed E-state index contributed by atoms with van der Waals surface area (Å²) in [5.74, 6) is -0.0757. The van der Waals surface area contributed by atoms with Crippen LogP contribution < -0.4 is 0 Å². The predicted octanol–water partition coefficient (Wildman–Crippen LogP) is 14.6. The summed E-state index contributed by atoms with van der Waals surface area (Å²) in [5, 5.41) is 0. The maximum atomic E-state index is 11.3. The number of hydrogen-bond acceptors (Lipinski definition) is 4. The van der Waals surface area contributed by atoms with Gasteiger partial charge < -0.3 is 9.47 Å². The average Bonchev–Trinajstić information content (AvgIpc) is 3.01. The topological polar surface area (TPSA) is 52.6 Å². The molecule has 47 heavy (non-hydrogen) atoms. The first-order chi connectivity index (χ1) is 22.7. The number of unbranched alkanes of at least 4 members (excludes halogenated alkanes) is 23. The van der Waals surface area contributed by atoms with Crippen molar-refractivity contribution in [2.75, 3.05) is 6.61 Å². The molecular formula is C43H84O4. The Labute approximate surface area is 295 Å². The van der Waals surface area contributed by atoms with Crippen molar-refractivity contribution in [2.24, 2.45) is 0 Å². The van der Waals surface area contributed by atoms with Crippen molar-refractivity contribution >= 4 is 11.9 Å². The first-order valence-corrected chi connectivity index (χ1v) is 20.3. The number of carbonyl (C=O) groups is 2. The van der Waals surface area contributed by atoms with Gasteiger partial charge in [0.05, 0.1) is 12.7 Å². The van der Waals surface area contributed by atoms with Crippen LogP contribution in [-0.2, 0) is 19.1 Å². The minimum atomic E-state index is -0.0415. The first kappa shape index (κ1) is 49.8. The predicted molar refractivity (Wildman–Crippen MR) is 208 cm³/mol. The monoisotopic (exact) mass is 665 g/mol. The van der Waals surface area contributed by atoms with E-state index in [4.69, 9.17) is 9.47 Å². The molecule has 0 aliphatic heterocycles. The lowest BCUT2D eigenvalue weighted by molar-refractivity contribution is -0.147. The van der Waals surface area contributed by atoms with E-state index in [9.17, 15) is 9.59 Å². The summed E-state index contributed by atoms with van der Waals surface area (Å²) in [4.78, 5) is 22.5. The van der Waals surface area contributed by atoms with Crippen molar-refractivity contribution < 1.29 is 19.1 Å². The third-order valence-corrected chi connectivity index (χ3v) is 7.80. The molecule has 0 N–H and O–H groups in total. The summed E-state index contributed by atoms with van der Waals surface area (Å²) in [5.41, 5.74) is 1.17. The molecule has 0 radical (unpaired) electrons. The molecule has 0 aromatic rings. The molecule has 280 valence electrons. The molecule has 0 saturated heterocycles. The minimum absolute atomic E-state index is 0.0273. The van der Waals surface area contributed by atoms with Gasteiger partial charge in [-0.1, -0.05) is 160 Å². The van der Waals surface area contributed by atoms with Crippen LogP contribution in [0.5, 0.6) is 0 Å². The van der Waals surface area contributed by atoms with Crippen molar-refractivity contribution in [1.29, 1.82) is 0 Å². The molecule has 0 aliphatic carbocycles. The van der Waals surface area contributed by atoms with E-state index >= 15 is 0 Å². The van der Waals surface area contributed by atoms with E-state index in [0.717, 1.165) is 19.3 Å². The van der Waals surface area contributed by atoms with Gasteiger partial charge in [0.15, 0.2) is 0 Å². The van der Waals surface area contributed by atoms with Crippen LogP contribution in [-0.4, -0.2) is 24.6 Å². The zero-order valence-electron chi connectivity index (χ0n) is 33.1. The number of allylic oxidation sites excluding steroid dienone is 3. The third-order valence-electron chi connectivity index (χ3n) is 7.80. The van der Waals surface area contributed by atoms with Crippen molar-refractivity contribution in [3.63, 3.8) is 0 Å². The summed E-state index contributed by atoms with van der Waals surface area (Å²) >= 11 is 0. The largest absolute Gasteiger partial charge is 0.466 e. The summed E-state index contributed by atoms with van der Waals surface area (Å²) in [6.45, 7) is 18.2. The Morgan fingerprint density at radius 1 is 0.511 bits per heavy atom. The van der Waals surface area contributed by atoms with Gasteiger partial charge in [-0.2, -0.15) is 0 Å². The highest BCUT2D eigenvalue weighted by atomic mass is 16.5. The third kappa shape index (κ3) is 57.1. The van der Waals surface area contributed by atoms with Gasteiger partial charge in [-0.05, 0) is 73.1 Å². The van der Waals surface area contributed by atoms with Crippen molar-refractivity contribution in [1.82, 2.24) is 0 Å². The second-order valence-corrected chi connectivity index (χ2v) is 13.9. The van der Waals surface area contributed by atoms with Gasteiger partial charge in [0.1, 0.15) is 0 Å². The van der Waals surface area contributed by atoms with Crippen molar-refractivity contribution in [3.8, 4) is 0 Å². The number of carbonyl (C=O) groups excluding carboxylic acids is 2. The van der Waals surface area contributed by atoms with Crippen LogP contribution in [0, 0.1) is 0 Å². The van der Waals surface area contributed by atoms with E-state index in [1.165, 1.54) is 153 Å². The van der Waals surface area contributed by atoms with E-state index in [2.05, 4.69) is 32.6 Å².